The van der Waals surface area contributed by atoms with Gasteiger partial charge in [0.05, 0.1) is 16.5 Å². The molecule has 7 heteroatoms. The SMILES string of the molecule is N#Cc1ccc(CNS(=O)(=O)c2cccc(F)c2)c(F)c1. The van der Waals surface area contributed by atoms with Gasteiger partial charge in [-0.25, -0.2) is 21.9 Å². The van der Waals surface area contributed by atoms with Crippen LogP contribution >= 0.6 is 0 Å². The van der Waals surface area contributed by atoms with Crippen molar-refractivity contribution in [2.75, 3.05) is 0 Å². The molecule has 2 aromatic carbocycles. The second-order valence-electron chi connectivity index (χ2n) is 4.20. The first kappa shape index (κ1) is 15.1. The zero-order valence-electron chi connectivity index (χ0n) is 10.7. The number of rotatable bonds is 4. The summed E-state index contributed by atoms with van der Waals surface area (Å²) in [5, 5.41) is 8.62. The molecule has 0 aliphatic rings. The van der Waals surface area contributed by atoms with Crippen molar-refractivity contribution in [1.82, 2.24) is 4.72 Å². The highest BCUT2D eigenvalue weighted by molar-refractivity contribution is 7.89. The molecular weight excluding hydrogens is 298 g/mol. The number of benzene rings is 2. The van der Waals surface area contributed by atoms with Crippen molar-refractivity contribution in [3.63, 3.8) is 0 Å². The van der Waals surface area contributed by atoms with Gasteiger partial charge in [0.1, 0.15) is 11.6 Å². The van der Waals surface area contributed by atoms with Crippen LogP contribution in [0.4, 0.5) is 8.78 Å². The average Bonchev–Trinajstić information content (AvgIpc) is 2.46. The van der Waals surface area contributed by atoms with E-state index in [2.05, 4.69) is 4.72 Å². The molecule has 1 N–H and O–H groups in total. The number of hydrogen-bond acceptors (Lipinski definition) is 3. The van der Waals surface area contributed by atoms with Crippen LogP contribution in [0, 0.1) is 23.0 Å². The lowest BCUT2D eigenvalue weighted by atomic mass is 10.1. The minimum atomic E-state index is -3.94. The Kier molecular flexibility index (Phi) is 4.31. The minimum Gasteiger partial charge on any atom is -0.207 e. The first-order valence-corrected chi connectivity index (χ1v) is 7.34. The van der Waals surface area contributed by atoms with Crippen LogP contribution in [0.1, 0.15) is 11.1 Å². The van der Waals surface area contributed by atoms with Crippen LogP contribution in [-0.4, -0.2) is 8.42 Å². The Morgan fingerprint density at radius 1 is 1.14 bits per heavy atom. The molecule has 21 heavy (non-hydrogen) atoms. The summed E-state index contributed by atoms with van der Waals surface area (Å²) in [5.41, 5.74) is 0.234. The van der Waals surface area contributed by atoms with Gasteiger partial charge >= 0.3 is 0 Å². The number of nitrogens with zero attached hydrogens (tertiary/aromatic N) is 1. The number of halogens is 2. The Labute approximate surface area is 120 Å². The molecule has 4 nitrogen and oxygen atoms in total. The Morgan fingerprint density at radius 3 is 2.52 bits per heavy atom. The van der Waals surface area contributed by atoms with Gasteiger partial charge in [0.25, 0.3) is 0 Å². The van der Waals surface area contributed by atoms with Crippen LogP contribution < -0.4 is 4.72 Å². The lowest BCUT2D eigenvalue weighted by Gasteiger charge is -2.08. The van der Waals surface area contributed by atoms with Crippen molar-refractivity contribution in [2.24, 2.45) is 0 Å². The van der Waals surface area contributed by atoms with Crippen molar-refractivity contribution in [2.45, 2.75) is 11.4 Å². The molecule has 0 saturated carbocycles. The molecule has 2 rings (SSSR count). The predicted molar refractivity (Wildman–Crippen MR) is 71.5 cm³/mol. The van der Waals surface area contributed by atoms with Gasteiger partial charge in [-0.2, -0.15) is 5.26 Å². The molecule has 0 aliphatic carbocycles. The van der Waals surface area contributed by atoms with Crippen molar-refractivity contribution < 1.29 is 17.2 Å². The van der Waals surface area contributed by atoms with Gasteiger partial charge in [-0.05, 0) is 30.3 Å². The molecule has 0 aliphatic heterocycles. The fourth-order valence-electron chi connectivity index (χ4n) is 1.65. The van der Waals surface area contributed by atoms with Crippen LogP contribution in [0.3, 0.4) is 0 Å². The van der Waals surface area contributed by atoms with Crippen LogP contribution in [0.25, 0.3) is 0 Å². The summed E-state index contributed by atoms with van der Waals surface area (Å²) in [6, 6.07) is 10.0. The van der Waals surface area contributed by atoms with Crippen molar-refractivity contribution >= 4 is 10.0 Å². The molecular formula is C14H10F2N2O2S. The molecule has 2 aromatic rings. The van der Waals surface area contributed by atoms with E-state index in [1.54, 1.807) is 6.07 Å². The molecule has 0 aromatic heterocycles. The van der Waals surface area contributed by atoms with E-state index in [9.17, 15) is 17.2 Å². The van der Waals surface area contributed by atoms with Crippen LogP contribution in [-0.2, 0) is 16.6 Å². The first-order valence-electron chi connectivity index (χ1n) is 5.86. The summed E-state index contributed by atoms with van der Waals surface area (Å²) < 4.78 is 52.7. The lowest BCUT2D eigenvalue weighted by Crippen LogP contribution is -2.23. The highest BCUT2D eigenvalue weighted by Gasteiger charge is 2.15. The molecule has 0 saturated heterocycles. The maximum absolute atomic E-state index is 13.6. The van der Waals surface area contributed by atoms with Gasteiger partial charge in [0.15, 0.2) is 0 Å². The monoisotopic (exact) mass is 308 g/mol. The van der Waals surface area contributed by atoms with Gasteiger partial charge < -0.3 is 0 Å². The van der Waals surface area contributed by atoms with Gasteiger partial charge in [-0.15, -0.1) is 0 Å². The van der Waals surface area contributed by atoms with Crippen LogP contribution in [0.2, 0.25) is 0 Å². The molecule has 0 unspecified atom stereocenters. The summed E-state index contributed by atoms with van der Waals surface area (Å²) in [7, 11) is -3.94. The quantitative estimate of drug-likeness (QED) is 0.942. The highest BCUT2D eigenvalue weighted by Crippen LogP contribution is 2.13. The Hall–Kier alpha value is -2.30. The van der Waals surface area contributed by atoms with Crippen molar-refractivity contribution in [1.29, 1.82) is 5.26 Å². The first-order chi connectivity index (χ1) is 9.92. The third-order valence-corrected chi connectivity index (χ3v) is 4.14. The fraction of sp³-hybridized carbons (Fsp3) is 0.0714. The standard InChI is InChI=1S/C14H10F2N2O2S/c15-12-2-1-3-13(7-12)21(19,20)18-9-11-5-4-10(8-17)6-14(11)16/h1-7,18H,9H2. The summed E-state index contributed by atoms with van der Waals surface area (Å²) in [4.78, 5) is -0.239. The molecule has 0 radical (unpaired) electrons. The Balaban J connectivity index is 2.18. The van der Waals surface area contributed by atoms with E-state index in [4.69, 9.17) is 5.26 Å². The topological polar surface area (TPSA) is 70.0 Å². The normalized spacial score (nSPS) is 11.1. The third kappa shape index (κ3) is 3.62. The maximum atomic E-state index is 13.6. The molecule has 0 atom stereocenters. The zero-order valence-corrected chi connectivity index (χ0v) is 11.5. The van der Waals surface area contributed by atoms with Crippen molar-refractivity contribution in [3.05, 3.63) is 65.2 Å². The lowest BCUT2D eigenvalue weighted by molar-refractivity contribution is 0.571. The van der Waals surface area contributed by atoms with Crippen LogP contribution in [0.15, 0.2) is 47.4 Å². The fourth-order valence-corrected chi connectivity index (χ4v) is 2.69. The summed E-state index contributed by atoms with van der Waals surface area (Å²) >= 11 is 0. The number of nitriles is 1. The Bertz CT molecular complexity index is 814. The van der Waals surface area contributed by atoms with Gasteiger partial charge in [-0.1, -0.05) is 12.1 Å². The van der Waals surface area contributed by atoms with Gasteiger partial charge in [0, 0.05) is 12.1 Å². The van der Waals surface area contributed by atoms with E-state index in [1.807, 2.05) is 0 Å². The van der Waals surface area contributed by atoms with E-state index in [0.29, 0.717) is 0 Å². The molecule has 0 fully saturated rings. The van der Waals surface area contributed by atoms with E-state index in [0.717, 1.165) is 18.2 Å². The number of sulfonamides is 1. The highest BCUT2D eigenvalue weighted by atomic mass is 32.2. The predicted octanol–water partition coefficient (Wildman–Crippen LogP) is 2.31. The van der Waals surface area contributed by atoms with Crippen LogP contribution in [0.5, 0.6) is 0 Å². The molecule has 0 amide bonds. The average molecular weight is 308 g/mol. The second kappa shape index (κ2) is 5.99. The van der Waals surface area contributed by atoms with Crippen molar-refractivity contribution in [3.8, 4) is 6.07 Å². The molecule has 0 heterocycles. The van der Waals surface area contributed by atoms with E-state index < -0.39 is 21.7 Å². The summed E-state index contributed by atoms with van der Waals surface area (Å²) in [6.45, 7) is -0.295. The van der Waals surface area contributed by atoms with E-state index >= 15 is 0 Å². The second-order valence-corrected chi connectivity index (χ2v) is 5.97. The minimum absolute atomic E-state index is 0.0916. The maximum Gasteiger partial charge on any atom is 0.240 e. The smallest absolute Gasteiger partial charge is 0.207 e. The Morgan fingerprint density at radius 2 is 1.90 bits per heavy atom. The van der Waals surface area contributed by atoms with E-state index in [1.165, 1.54) is 24.3 Å². The summed E-state index contributed by atoms with van der Waals surface area (Å²) in [5.74, 6) is -1.36. The van der Waals surface area contributed by atoms with Gasteiger partial charge in [-0.3, -0.25) is 0 Å². The zero-order chi connectivity index (χ0) is 15.5. The third-order valence-electron chi connectivity index (χ3n) is 2.74. The molecule has 0 bridgehead atoms. The molecule has 108 valence electrons. The molecule has 0 spiro atoms. The largest absolute Gasteiger partial charge is 0.240 e. The summed E-state index contributed by atoms with van der Waals surface area (Å²) in [6.07, 6.45) is 0. The number of hydrogen-bond donors (Lipinski definition) is 1. The van der Waals surface area contributed by atoms with E-state index in [-0.39, 0.29) is 22.6 Å². The number of nitrogens with one attached hydrogen (secondary N) is 1. The van der Waals surface area contributed by atoms with Gasteiger partial charge in [0.2, 0.25) is 10.0 Å².